The molecule has 0 fully saturated rings. The van der Waals surface area contributed by atoms with Crippen molar-refractivity contribution in [1.29, 1.82) is 0 Å². The molecule has 9 nitrogen and oxygen atoms in total. The van der Waals surface area contributed by atoms with Gasteiger partial charge in [-0.3, -0.25) is 9.10 Å². The Morgan fingerprint density at radius 3 is 2.52 bits per heavy atom. The molecule has 224 valence electrons. The third kappa shape index (κ3) is 6.73. The number of fused-ring (bicyclic) bond motifs is 1. The van der Waals surface area contributed by atoms with Crippen LogP contribution in [0, 0.1) is 11.6 Å². The van der Waals surface area contributed by atoms with Crippen LogP contribution in [-0.4, -0.2) is 63.2 Å². The summed E-state index contributed by atoms with van der Waals surface area (Å²) in [4.78, 5) is 23.2. The molecule has 4 rings (SSSR count). The van der Waals surface area contributed by atoms with E-state index in [0.29, 0.717) is 6.07 Å². The summed E-state index contributed by atoms with van der Waals surface area (Å²) < 4.78 is 103. The molecule has 3 aromatic carbocycles. The zero-order chi connectivity index (χ0) is 30.8. The van der Waals surface area contributed by atoms with E-state index in [1.165, 1.54) is 25.2 Å². The van der Waals surface area contributed by atoms with E-state index >= 15 is 0 Å². The summed E-state index contributed by atoms with van der Waals surface area (Å²) >= 11 is 0. The second-order valence-electron chi connectivity index (χ2n) is 9.38. The number of hydrogen-bond acceptors (Lipinski definition) is 5. The van der Waals surface area contributed by atoms with Gasteiger partial charge in [-0.25, -0.2) is 22.0 Å². The molecule has 1 aliphatic heterocycles. The van der Waals surface area contributed by atoms with Gasteiger partial charge in [-0.15, -0.1) is 0 Å². The number of hydrogen-bond donors (Lipinski definition) is 2. The normalized spacial score (nSPS) is 15.0. The van der Waals surface area contributed by atoms with Gasteiger partial charge in [0.05, 0.1) is 22.7 Å². The lowest BCUT2D eigenvalue weighted by Crippen LogP contribution is -2.46. The second-order valence-corrected chi connectivity index (χ2v) is 11.2. The number of halogens is 5. The summed E-state index contributed by atoms with van der Waals surface area (Å²) in [5.74, 6) is -2.77. The molecule has 2 N–H and O–H groups in total. The minimum Gasteiger partial charge on any atom is -0.486 e. The van der Waals surface area contributed by atoms with Crippen LogP contribution in [-0.2, 0) is 21.0 Å². The molecule has 15 heteroatoms. The maximum absolute atomic E-state index is 14.5. The third-order valence-corrected chi connectivity index (χ3v) is 8.12. The van der Waals surface area contributed by atoms with E-state index in [1.54, 1.807) is 0 Å². The van der Waals surface area contributed by atoms with Crippen molar-refractivity contribution in [2.75, 3.05) is 31.0 Å². The molecule has 1 heterocycles. The van der Waals surface area contributed by atoms with Gasteiger partial charge in [0.2, 0.25) is 0 Å². The number of nitrogens with zero attached hydrogens (tertiary/aromatic N) is 2. The fourth-order valence-electron chi connectivity index (χ4n) is 4.29. The lowest BCUT2D eigenvalue weighted by atomic mass is 10.0. The Balaban J connectivity index is 1.69. The Morgan fingerprint density at radius 1 is 1.10 bits per heavy atom. The molecular formula is C27H24F5N3O6S. The predicted molar refractivity (Wildman–Crippen MR) is 140 cm³/mol. The molecule has 1 atom stereocenters. The van der Waals surface area contributed by atoms with E-state index in [9.17, 15) is 40.0 Å². The number of rotatable bonds is 8. The van der Waals surface area contributed by atoms with Crippen LogP contribution in [0.3, 0.4) is 0 Å². The lowest BCUT2D eigenvalue weighted by molar-refractivity contribution is -0.138. The minimum atomic E-state index is -4.81. The topological polar surface area (TPSA) is 116 Å². The number of aliphatic carboxylic acids is 1. The first-order valence-electron chi connectivity index (χ1n) is 12.3. The summed E-state index contributed by atoms with van der Waals surface area (Å²) in [6.07, 6.45) is -5.69. The molecule has 2 amide bonds. The molecule has 0 spiro atoms. The number of amides is 2. The first-order chi connectivity index (χ1) is 19.7. The molecule has 0 radical (unpaired) electrons. The number of carbonyl (C=O) groups excluding carboxylic acids is 1. The molecule has 0 saturated heterocycles. The number of ether oxygens (including phenoxy) is 1. The van der Waals surface area contributed by atoms with Gasteiger partial charge in [-0.05, 0) is 54.1 Å². The van der Waals surface area contributed by atoms with Gasteiger partial charge in [-0.2, -0.15) is 13.2 Å². The highest BCUT2D eigenvalue weighted by Crippen LogP contribution is 2.41. The fraction of sp³-hybridized carbons (Fsp3) is 0.259. The smallest absolute Gasteiger partial charge is 0.416 e. The maximum atomic E-state index is 14.5. The van der Waals surface area contributed by atoms with Gasteiger partial charge in [-0.1, -0.05) is 12.1 Å². The molecule has 0 unspecified atom stereocenters. The molecule has 0 aliphatic carbocycles. The number of urea groups is 1. The average Bonchev–Trinajstić information content (AvgIpc) is 2.92. The van der Waals surface area contributed by atoms with E-state index in [1.807, 2.05) is 0 Å². The summed E-state index contributed by atoms with van der Waals surface area (Å²) in [7, 11) is -3.39. The number of sulfonamides is 1. The molecule has 3 aromatic rings. The zero-order valence-electron chi connectivity index (χ0n) is 21.9. The van der Waals surface area contributed by atoms with Crippen molar-refractivity contribution in [3.63, 3.8) is 0 Å². The van der Waals surface area contributed by atoms with Crippen molar-refractivity contribution >= 4 is 27.7 Å². The van der Waals surface area contributed by atoms with Crippen LogP contribution in [0.25, 0.3) is 11.1 Å². The minimum absolute atomic E-state index is 0.00307. The molecule has 42 heavy (non-hydrogen) atoms. The predicted octanol–water partition coefficient (Wildman–Crippen LogP) is 4.72. The van der Waals surface area contributed by atoms with Gasteiger partial charge in [0.1, 0.15) is 30.0 Å². The highest BCUT2D eigenvalue weighted by molar-refractivity contribution is 7.92. The van der Waals surface area contributed by atoms with Gasteiger partial charge in [0.15, 0.2) is 0 Å². The van der Waals surface area contributed by atoms with E-state index in [4.69, 9.17) is 9.84 Å². The fourth-order valence-corrected chi connectivity index (χ4v) is 5.83. The first kappa shape index (κ1) is 30.6. The molecule has 0 aromatic heterocycles. The van der Waals surface area contributed by atoms with Gasteiger partial charge < -0.3 is 20.1 Å². The van der Waals surface area contributed by atoms with Crippen LogP contribution in [0.4, 0.5) is 32.4 Å². The van der Waals surface area contributed by atoms with Crippen LogP contribution in [0.15, 0.2) is 65.6 Å². The Bertz CT molecular complexity index is 1620. The van der Waals surface area contributed by atoms with E-state index in [2.05, 4.69) is 5.32 Å². The SMILES string of the molecule is CN(CC(=O)O)C(=O)NCC[C@H]1CN(S(=O)(=O)c2cccc(C(F)(F)F)c2)c2cc(-c3cc(F)ccc3F)ccc2O1. The summed E-state index contributed by atoms with van der Waals surface area (Å²) in [5, 5.41) is 11.3. The van der Waals surface area contributed by atoms with E-state index < -0.39 is 69.5 Å². The van der Waals surface area contributed by atoms with Crippen molar-refractivity contribution in [3.05, 3.63) is 77.9 Å². The standard InChI is InChI=1S/C27H24F5N3O6S/c1-34(15-25(36)37)26(38)33-10-9-19-14-35(42(39,40)20-4-2-3-17(12-20)27(30,31)32)23-11-16(5-8-24(23)41-19)21-13-18(28)6-7-22(21)29/h2-8,11-13,19H,9-10,14-15H2,1H3,(H,33,38)(H,36,37)/t19-/m0/s1. The first-order valence-corrected chi connectivity index (χ1v) is 13.8. The van der Waals surface area contributed by atoms with Gasteiger partial charge in [0, 0.05) is 25.6 Å². The Morgan fingerprint density at radius 2 is 1.83 bits per heavy atom. The maximum Gasteiger partial charge on any atom is 0.416 e. The van der Waals surface area contributed by atoms with Crippen molar-refractivity contribution < 1.29 is 49.8 Å². The molecule has 1 aliphatic rings. The van der Waals surface area contributed by atoms with Crippen LogP contribution < -0.4 is 14.4 Å². The van der Waals surface area contributed by atoms with Crippen LogP contribution in [0.2, 0.25) is 0 Å². The number of carbonyl (C=O) groups is 2. The number of carboxylic acid groups (broad SMARTS) is 1. The lowest BCUT2D eigenvalue weighted by Gasteiger charge is -2.36. The number of likely N-dealkylation sites (N-methyl/N-ethyl adjacent to an activating group) is 1. The van der Waals surface area contributed by atoms with Crippen LogP contribution in [0.5, 0.6) is 5.75 Å². The number of benzene rings is 3. The van der Waals surface area contributed by atoms with Crippen molar-refractivity contribution in [3.8, 4) is 16.9 Å². The van der Waals surface area contributed by atoms with E-state index in [0.717, 1.165) is 45.6 Å². The monoisotopic (exact) mass is 613 g/mol. The Hall–Kier alpha value is -4.40. The highest BCUT2D eigenvalue weighted by atomic mass is 32.2. The molecular weight excluding hydrogens is 589 g/mol. The number of anilines is 1. The second kappa shape index (κ2) is 11.8. The largest absolute Gasteiger partial charge is 0.486 e. The summed E-state index contributed by atoms with van der Waals surface area (Å²) in [5.41, 5.74) is -1.39. The third-order valence-electron chi connectivity index (χ3n) is 6.34. The van der Waals surface area contributed by atoms with Crippen molar-refractivity contribution in [2.45, 2.75) is 23.6 Å². The van der Waals surface area contributed by atoms with Crippen molar-refractivity contribution in [1.82, 2.24) is 10.2 Å². The number of nitrogens with one attached hydrogen (secondary N) is 1. The average molecular weight is 614 g/mol. The Labute approximate surface area is 237 Å². The zero-order valence-corrected chi connectivity index (χ0v) is 22.7. The number of carboxylic acids is 1. The Kier molecular flexibility index (Phi) is 8.61. The highest BCUT2D eigenvalue weighted by Gasteiger charge is 2.37. The quantitative estimate of drug-likeness (QED) is 0.355. The van der Waals surface area contributed by atoms with Crippen molar-refractivity contribution in [2.24, 2.45) is 0 Å². The summed E-state index contributed by atoms with van der Waals surface area (Å²) in [6, 6.07) is 9.13. The summed E-state index contributed by atoms with van der Waals surface area (Å²) in [6.45, 7) is -1.02. The van der Waals surface area contributed by atoms with Crippen LogP contribution >= 0.6 is 0 Å². The van der Waals surface area contributed by atoms with Crippen LogP contribution in [0.1, 0.15) is 12.0 Å². The molecule has 0 saturated carbocycles. The molecule has 0 bridgehead atoms. The van der Waals surface area contributed by atoms with Gasteiger partial charge in [0.25, 0.3) is 10.0 Å². The number of alkyl halides is 3. The van der Waals surface area contributed by atoms with Gasteiger partial charge >= 0.3 is 18.2 Å². The van der Waals surface area contributed by atoms with E-state index in [-0.39, 0.29) is 35.5 Å².